The summed E-state index contributed by atoms with van der Waals surface area (Å²) in [5.74, 6) is 2.06. The minimum absolute atomic E-state index is 0.0995. The van der Waals surface area contributed by atoms with Gasteiger partial charge in [0.15, 0.2) is 11.5 Å². The van der Waals surface area contributed by atoms with Gasteiger partial charge in [-0.1, -0.05) is 13.8 Å². The molecule has 2 heterocycles. The van der Waals surface area contributed by atoms with E-state index in [-0.39, 0.29) is 6.04 Å². The highest BCUT2D eigenvalue weighted by Gasteiger charge is 2.46. The van der Waals surface area contributed by atoms with Crippen LogP contribution in [0.15, 0.2) is 12.1 Å². The van der Waals surface area contributed by atoms with Crippen LogP contribution in [0.25, 0.3) is 0 Å². The lowest BCUT2D eigenvalue weighted by Crippen LogP contribution is -2.57. The summed E-state index contributed by atoms with van der Waals surface area (Å²) in [4.78, 5) is 2.24. The molecule has 5 heteroatoms. The van der Waals surface area contributed by atoms with Gasteiger partial charge in [-0.05, 0) is 33.0 Å². The molecule has 2 aliphatic rings. The zero-order chi connectivity index (χ0) is 15.9. The monoisotopic (exact) mass is 307 g/mol. The van der Waals surface area contributed by atoms with E-state index in [1.54, 1.807) is 0 Å². The SMILES string of the molecule is CCN(CC)C1C(O)c2cc3c(cc2OC1(C)C)OCCO3. The Morgan fingerprint density at radius 2 is 1.68 bits per heavy atom. The van der Waals surface area contributed by atoms with E-state index >= 15 is 0 Å². The molecule has 0 saturated carbocycles. The Balaban J connectivity index is 2.04. The Morgan fingerprint density at radius 1 is 1.09 bits per heavy atom. The summed E-state index contributed by atoms with van der Waals surface area (Å²) in [7, 11) is 0. The van der Waals surface area contributed by atoms with Gasteiger partial charge in [-0.3, -0.25) is 4.90 Å². The Morgan fingerprint density at radius 3 is 2.27 bits per heavy atom. The predicted molar refractivity (Wildman–Crippen MR) is 83.8 cm³/mol. The second-order valence-electron chi connectivity index (χ2n) is 6.35. The van der Waals surface area contributed by atoms with Gasteiger partial charge in [-0.25, -0.2) is 0 Å². The van der Waals surface area contributed by atoms with Gasteiger partial charge >= 0.3 is 0 Å². The molecule has 1 aromatic rings. The van der Waals surface area contributed by atoms with Crippen molar-refractivity contribution in [2.75, 3.05) is 26.3 Å². The van der Waals surface area contributed by atoms with Crippen molar-refractivity contribution in [1.82, 2.24) is 4.90 Å². The van der Waals surface area contributed by atoms with E-state index in [2.05, 4.69) is 18.7 Å². The first-order valence-electron chi connectivity index (χ1n) is 8.02. The standard InChI is InChI=1S/C17H25NO4/c1-5-18(6-2)16-15(19)11-9-13-14(21-8-7-20-13)10-12(11)22-17(16,3)4/h9-10,15-16,19H,5-8H2,1-4H3. The van der Waals surface area contributed by atoms with Crippen LogP contribution in [0, 0.1) is 0 Å². The van der Waals surface area contributed by atoms with Gasteiger partial charge in [-0.2, -0.15) is 0 Å². The molecule has 0 saturated heterocycles. The molecule has 1 N–H and O–H groups in total. The first-order valence-corrected chi connectivity index (χ1v) is 8.02. The van der Waals surface area contributed by atoms with Crippen molar-refractivity contribution in [3.05, 3.63) is 17.7 Å². The average molecular weight is 307 g/mol. The minimum Gasteiger partial charge on any atom is -0.486 e. The highest BCUT2D eigenvalue weighted by atomic mass is 16.6. The molecule has 5 nitrogen and oxygen atoms in total. The number of fused-ring (bicyclic) bond motifs is 2. The summed E-state index contributed by atoms with van der Waals surface area (Å²) in [6.45, 7) is 11.1. The fourth-order valence-corrected chi connectivity index (χ4v) is 3.56. The number of rotatable bonds is 3. The van der Waals surface area contributed by atoms with Crippen molar-refractivity contribution in [3.8, 4) is 17.2 Å². The second kappa shape index (κ2) is 5.63. The van der Waals surface area contributed by atoms with Crippen LogP contribution in [0.1, 0.15) is 39.4 Å². The van der Waals surface area contributed by atoms with Crippen LogP contribution in [0.3, 0.4) is 0 Å². The number of nitrogens with zero attached hydrogens (tertiary/aromatic N) is 1. The lowest BCUT2D eigenvalue weighted by Gasteiger charge is -2.48. The summed E-state index contributed by atoms with van der Waals surface area (Å²) in [5, 5.41) is 11.0. The number of hydrogen-bond acceptors (Lipinski definition) is 5. The van der Waals surface area contributed by atoms with E-state index in [1.165, 1.54) is 0 Å². The molecule has 2 aliphatic heterocycles. The van der Waals surface area contributed by atoms with Gasteiger partial charge < -0.3 is 19.3 Å². The van der Waals surface area contributed by atoms with Gasteiger partial charge in [0.2, 0.25) is 0 Å². The topological polar surface area (TPSA) is 51.2 Å². The van der Waals surface area contributed by atoms with Gasteiger partial charge in [0, 0.05) is 11.6 Å². The van der Waals surface area contributed by atoms with Crippen molar-refractivity contribution < 1.29 is 19.3 Å². The predicted octanol–water partition coefficient (Wildman–Crippen LogP) is 2.37. The molecule has 3 rings (SSSR count). The van der Waals surface area contributed by atoms with E-state index in [0.717, 1.165) is 18.7 Å². The normalized spacial score (nSPS) is 25.5. The van der Waals surface area contributed by atoms with E-state index in [9.17, 15) is 5.11 Å². The molecular weight excluding hydrogens is 282 g/mol. The quantitative estimate of drug-likeness (QED) is 0.929. The summed E-state index contributed by atoms with van der Waals surface area (Å²) in [5.41, 5.74) is 0.294. The van der Waals surface area contributed by atoms with Gasteiger partial charge in [0.1, 0.15) is 30.7 Å². The Kier molecular flexibility index (Phi) is 3.95. The van der Waals surface area contributed by atoms with Crippen molar-refractivity contribution in [1.29, 1.82) is 0 Å². The molecule has 0 aliphatic carbocycles. The Labute approximate surface area is 131 Å². The number of likely N-dealkylation sites (N-methyl/N-ethyl adjacent to an activating group) is 1. The lowest BCUT2D eigenvalue weighted by molar-refractivity contribution is -0.0802. The lowest BCUT2D eigenvalue weighted by atomic mass is 9.84. The van der Waals surface area contributed by atoms with Gasteiger partial charge in [0.05, 0.1) is 6.04 Å². The maximum Gasteiger partial charge on any atom is 0.165 e. The van der Waals surface area contributed by atoms with Gasteiger partial charge in [-0.15, -0.1) is 0 Å². The number of benzene rings is 1. The maximum absolute atomic E-state index is 11.0. The van der Waals surface area contributed by atoms with E-state index in [1.807, 2.05) is 26.0 Å². The molecule has 0 radical (unpaired) electrons. The molecule has 1 aromatic carbocycles. The van der Waals surface area contributed by atoms with Crippen molar-refractivity contribution >= 4 is 0 Å². The van der Waals surface area contributed by atoms with Crippen LogP contribution in [-0.4, -0.2) is 48.0 Å². The molecule has 0 bridgehead atoms. The largest absolute Gasteiger partial charge is 0.486 e. The van der Waals surface area contributed by atoms with E-state index in [0.29, 0.717) is 30.5 Å². The molecule has 2 unspecified atom stereocenters. The third-order valence-corrected chi connectivity index (χ3v) is 4.58. The molecular formula is C17H25NO4. The van der Waals surface area contributed by atoms with Crippen LogP contribution in [0.5, 0.6) is 17.2 Å². The molecule has 122 valence electrons. The van der Waals surface area contributed by atoms with Crippen LogP contribution in [-0.2, 0) is 0 Å². The van der Waals surface area contributed by atoms with E-state index in [4.69, 9.17) is 14.2 Å². The smallest absolute Gasteiger partial charge is 0.165 e. The number of hydrogen-bond donors (Lipinski definition) is 1. The minimum atomic E-state index is -0.616. The maximum atomic E-state index is 11.0. The first-order chi connectivity index (χ1) is 10.5. The van der Waals surface area contributed by atoms with Crippen LogP contribution in [0.4, 0.5) is 0 Å². The van der Waals surface area contributed by atoms with Crippen molar-refractivity contribution in [2.45, 2.75) is 45.4 Å². The third kappa shape index (κ3) is 2.42. The molecule has 0 spiro atoms. The average Bonchev–Trinajstić information content (AvgIpc) is 2.49. The molecule has 0 aromatic heterocycles. The highest BCUT2D eigenvalue weighted by molar-refractivity contribution is 5.53. The van der Waals surface area contributed by atoms with E-state index < -0.39 is 11.7 Å². The van der Waals surface area contributed by atoms with Crippen LogP contribution in [0.2, 0.25) is 0 Å². The molecule has 0 fully saturated rings. The summed E-state index contributed by atoms with van der Waals surface area (Å²) < 4.78 is 17.5. The fraction of sp³-hybridized carbons (Fsp3) is 0.647. The molecule has 22 heavy (non-hydrogen) atoms. The molecule has 2 atom stereocenters. The zero-order valence-electron chi connectivity index (χ0n) is 13.8. The number of ether oxygens (including phenoxy) is 3. The summed E-state index contributed by atoms with van der Waals surface area (Å²) in [6.07, 6.45) is -0.616. The van der Waals surface area contributed by atoms with Crippen molar-refractivity contribution in [2.24, 2.45) is 0 Å². The summed E-state index contributed by atoms with van der Waals surface area (Å²) >= 11 is 0. The first kappa shape index (κ1) is 15.4. The van der Waals surface area contributed by atoms with Gasteiger partial charge in [0.25, 0.3) is 0 Å². The highest BCUT2D eigenvalue weighted by Crippen LogP contribution is 2.47. The zero-order valence-corrected chi connectivity index (χ0v) is 13.8. The number of aliphatic hydroxyl groups is 1. The Hall–Kier alpha value is -1.46. The van der Waals surface area contributed by atoms with Crippen LogP contribution >= 0.6 is 0 Å². The third-order valence-electron chi connectivity index (χ3n) is 4.58. The molecule has 0 amide bonds. The second-order valence-corrected chi connectivity index (χ2v) is 6.35. The summed E-state index contributed by atoms with van der Waals surface area (Å²) in [6, 6.07) is 3.60. The fourth-order valence-electron chi connectivity index (χ4n) is 3.56. The van der Waals surface area contributed by atoms with Crippen molar-refractivity contribution in [3.63, 3.8) is 0 Å². The Bertz CT molecular complexity index is 554. The number of aliphatic hydroxyl groups excluding tert-OH is 1. The van der Waals surface area contributed by atoms with Crippen LogP contribution < -0.4 is 14.2 Å².